The predicted molar refractivity (Wildman–Crippen MR) is 94.8 cm³/mol. The molecule has 2 aromatic carbocycles. The summed E-state index contributed by atoms with van der Waals surface area (Å²) in [5.74, 6) is 1.93. The van der Waals surface area contributed by atoms with Gasteiger partial charge in [-0.2, -0.15) is 0 Å². The van der Waals surface area contributed by atoms with Crippen LogP contribution in [0.15, 0.2) is 42.5 Å². The van der Waals surface area contributed by atoms with Crippen molar-refractivity contribution in [3.63, 3.8) is 0 Å². The molecule has 1 aliphatic heterocycles. The molecule has 0 radical (unpaired) electrons. The third kappa shape index (κ3) is 5.26. The van der Waals surface area contributed by atoms with Crippen molar-refractivity contribution in [2.45, 2.75) is 13.0 Å². The van der Waals surface area contributed by atoms with E-state index < -0.39 is 10.0 Å². The Balaban J connectivity index is 1.40. The molecule has 2 aromatic rings. The smallest absolute Gasteiger partial charge is 0.231 e. The Morgan fingerprint density at radius 3 is 2.64 bits per heavy atom. The molecular formula is C17H18ClNO5S. The zero-order valence-electron chi connectivity index (χ0n) is 13.4. The highest BCUT2D eigenvalue weighted by Gasteiger charge is 2.14. The first-order valence-electron chi connectivity index (χ1n) is 7.76. The van der Waals surface area contributed by atoms with Gasteiger partial charge >= 0.3 is 0 Å². The normalized spacial score (nSPS) is 13.0. The minimum Gasteiger partial charge on any atom is -0.493 e. The van der Waals surface area contributed by atoms with Crippen LogP contribution in [0.25, 0.3) is 0 Å². The highest BCUT2D eigenvalue weighted by Crippen LogP contribution is 2.35. The quantitative estimate of drug-likeness (QED) is 0.709. The molecule has 0 amide bonds. The fourth-order valence-corrected chi connectivity index (χ4v) is 3.43. The summed E-state index contributed by atoms with van der Waals surface area (Å²) >= 11 is 5.80. The Hall–Kier alpha value is -1.96. The van der Waals surface area contributed by atoms with E-state index in [1.165, 1.54) is 0 Å². The largest absolute Gasteiger partial charge is 0.493 e. The lowest BCUT2D eigenvalue weighted by molar-refractivity contribution is 0.173. The van der Waals surface area contributed by atoms with Crippen molar-refractivity contribution in [3.05, 3.63) is 53.1 Å². The fraction of sp³-hybridized carbons (Fsp3) is 0.294. The monoisotopic (exact) mass is 383 g/mol. The molecule has 3 rings (SSSR count). The number of hydrogen-bond acceptors (Lipinski definition) is 5. The van der Waals surface area contributed by atoms with Gasteiger partial charge in [0, 0.05) is 17.6 Å². The second kappa shape index (κ2) is 7.95. The SMILES string of the molecule is O=S(=O)(CCCOc1ccc2c(c1)OCO2)NCc1ccc(Cl)cc1. The molecule has 0 saturated carbocycles. The summed E-state index contributed by atoms with van der Waals surface area (Å²) in [6.45, 7) is 0.736. The van der Waals surface area contributed by atoms with E-state index in [4.69, 9.17) is 25.8 Å². The zero-order chi connectivity index (χ0) is 17.7. The van der Waals surface area contributed by atoms with Crippen molar-refractivity contribution < 1.29 is 22.6 Å². The number of nitrogens with one attached hydrogen (secondary N) is 1. The van der Waals surface area contributed by atoms with Gasteiger partial charge in [0.2, 0.25) is 16.8 Å². The number of hydrogen-bond donors (Lipinski definition) is 1. The molecule has 0 aliphatic carbocycles. The first-order valence-corrected chi connectivity index (χ1v) is 9.79. The third-order valence-corrected chi connectivity index (χ3v) is 5.24. The van der Waals surface area contributed by atoms with Crippen molar-refractivity contribution in [1.29, 1.82) is 0 Å². The van der Waals surface area contributed by atoms with E-state index >= 15 is 0 Å². The van der Waals surface area contributed by atoms with Crippen molar-refractivity contribution >= 4 is 21.6 Å². The lowest BCUT2D eigenvalue weighted by Gasteiger charge is -2.09. The molecule has 0 spiro atoms. The average Bonchev–Trinajstić information content (AvgIpc) is 3.06. The molecule has 6 nitrogen and oxygen atoms in total. The lowest BCUT2D eigenvalue weighted by Crippen LogP contribution is -2.26. The van der Waals surface area contributed by atoms with Gasteiger partial charge < -0.3 is 14.2 Å². The molecular weight excluding hydrogens is 366 g/mol. The summed E-state index contributed by atoms with van der Waals surface area (Å²) in [4.78, 5) is 0. The Labute approximate surface area is 151 Å². The van der Waals surface area contributed by atoms with Crippen LogP contribution in [0, 0.1) is 0 Å². The van der Waals surface area contributed by atoms with Crippen LogP contribution in [0.4, 0.5) is 0 Å². The summed E-state index contributed by atoms with van der Waals surface area (Å²) in [5, 5.41) is 0.618. The van der Waals surface area contributed by atoms with E-state index in [0.717, 1.165) is 5.56 Å². The maximum atomic E-state index is 12.0. The van der Waals surface area contributed by atoms with Crippen molar-refractivity contribution in [1.82, 2.24) is 4.72 Å². The maximum absolute atomic E-state index is 12.0. The molecule has 25 heavy (non-hydrogen) atoms. The van der Waals surface area contributed by atoms with Gasteiger partial charge in [0.05, 0.1) is 12.4 Å². The standard InChI is InChI=1S/C17H18ClNO5S/c18-14-4-2-13(3-5-14)11-19-25(20,21)9-1-8-22-15-6-7-16-17(10-15)24-12-23-16/h2-7,10,19H,1,8-9,11-12H2. The highest BCUT2D eigenvalue weighted by molar-refractivity contribution is 7.89. The second-order valence-corrected chi connectivity index (χ2v) is 7.85. The number of benzene rings is 2. The van der Waals surface area contributed by atoms with Gasteiger partial charge in [0.1, 0.15) is 5.75 Å². The van der Waals surface area contributed by atoms with Gasteiger partial charge in [-0.25, -0.2) is 13.1 Å². The number of rotatable bonds is 8. The zero-order valence-corrected chi connectivity index (χ0v) is 15.0. The van der Waals surface area contributed by atoms with Crippen LogP contribution < -0.4 is 18.9 Å². The first kappa shape index (κ1) is 17.8. The van der Waals surface area contributed by atoms with E-state index in [0.29, 0.717) is 35.3 Å². The van der Waals surface area contributed by atoms with Gasteiger partial charge in [0.15, 0.2) is 11.5 Å². The molecule has 1 heterocycles. The molecule has 8 heteroatoms. The molecule has 134 valence electrons. The van der Waals surface area contributed by atoms with Crippen LogP contribution in [-0.4, -0.2) is 27.6 Å². The number of halogens is 1. The van der Waals surface area contributed by atoms with E-state index in [2.05, 4.69) is 4.72 Å². The van der Waals surface area contributed by atoms with Crippen molar-refractivity contribution in [2.24, 2.45) is 0 Å². The third-order valence-electron chi connectivity index (χ3n) is 3.58. The predicted octanol–water partition coefficient (Wildman–Crippen LogP) is 2.96. The lowest BCUT2D eigenvalue weighted by atomic mass is 10.2. The summed E-state index contributed by atoms with van der Waals surface area (Å²) in [6.07, 6.45) is 0.379. The number of fused-ring (bicyclic) bond motifs is 1. The highest BCUT2D eigenvalue weighted by atomic mass is 35.5. The van der Waals surface area contributed by atoms with Crippen LogP contribution in [0.3, 0.4) is 0 Å². The summed E-state index contributed by atoms with van der Waals surface area (Å²) in [7, 11) is -3.36. The molecule has 0 fully saturated rings. The summed E-state index contributed by atoms with van der Waals surface area (Å²) in [6, 6.07) is 12.3. The van der Waals surface area contributed by atoms with E-state index in [1.54, 1.807) is 42.5 Å². The second-order valence-electron chi connectivity index (χ2n) is 5.48. The fourth-order valence-electron chi connectivity index (χ4n) is 2.27. The molecule has 1 N–H and O–H groups in total. The molecule has 0 unspecified atom stereocenters. The molecule has 0 atom stereocenters. The number of sulfonamides is 1. The van der Waals surface area contributed by atoms with E-state index in [9.17, 15) is 8.42 Å². The average molecular weight is 384 g/mol. The van der Waals surface area contributed by atoms with Crippen molar-refractivity contribution in [2.75, 3.05) is 19.2 Å². The van der Waals surface area contributed by atoms with Gasteiger partial charge in [-0.1, -0.05) is 23.7 Å². The first-order chi connectivity index (χ1) is 12.0. The Bertz CT molecular complexity index is 823. The number of ether oxygens (including phenoxy) is 3. The maximum Gasteiger partial charge on any atom is 0.231 e. The minimum atomic E-state index is -3.36. The topological polar surface area (TPSA) is 73.9 Å². The molecule has 1 aliphatic rings. The van der Waals surface area contributed by atoms with Crippen LogP contribution in [0.1, 0.15) is 12.0 Å². The summed E-state index contributed by atoms with van der Waals surface area (Å²) in [5.41, 5.74) is 0.851. The van der Waals surface area contributed by atoms with Crippen LogP contribution in [0.5, 0.6) is 17.2 Å². The molecule has 0 saturated heterocycles. The molecule has 0 bridgehead atoms. The van der Waals surface area contributed by atoms with Crippen molar-refractivity contribution in [3.8, 4) is 17.2 Å². The minimum absolute atomic E-state index is 0.00879. The van der Waals surface area contributed by atoms with Gasteiger partial charge in [-0.15, -0.1) is 0 Å². The van der Waals surface area contributed by atoms with Crippen LogP contribution >= 0.6 is 11.6 Å². The summed E-state index contributed by atoms with van der Waals surface area (Å²) < 4.78 is 42.6. The van der Waals surface area contributed by atoms with Gasteiger partial charge in [-0.05, 0) is 36.2 Å². The van der Waals surface area contributed by atoms with E-state index in [-0.39, 0.29) is 19.1 Å². The van der Waals surface area contributed by atoms with Crippen LogP contribution in [0.2, 0.25) is 5.02 Å². The Morgan fingerprint density at radius 2 is 1.84 bits per heavy atom. The van der Waals surface area contributed by atoms with Gasteiger partial charge in [-0.3, -0.25) is 0 Å². The van der Waals surface area contributed by atoms with Crippen LogP contribution in [-0.2, 0) is 16.6 Å². The Kier molecular flexibility index (Phi) is 5.67. The Morgan fingerprint density at radius 1 is 1.08 bits per heavy atom. The van der Waals surface area contributed by atoms with E-state index in [1.807, 2.05) is 0 Å². The van der Waals surface area contributed by atoms with Gasteiger partial charge in [0.25, 0.3) is 0 Å². The molecule has 0 aromatic heterocycles.